The third-order valence-corrected chi connectivity index (χ3v) is 6.95. The molecule has 0 N–H and O–H groups in total. The lowest BCUT2D eigenvalue weighted by molar-refractivity contribution is -0.138. The molecule has 1 aromatic carbocycles. The van der Waals surface area contributed by atoms with Crippen LogP contribution in [0.25, 0.3) is 0 Å². The second-order valence-electron chi connectivity index (χ2n) is 9.63. The molecule has 2 heterocycles. The van der Waals surface area contributed by atoms with Gasteiger partial charge in [-0.25, -0.2) is 4.39 Å². The van der Waals surface area contributed by atoms with Gasteiger partial charge in [-0.1, -0.05) is 25.1 Å². The molecule has 2 fully saturated rings. The van der Waals surface area contributed by atoms with Gasteiger partial charge in [0, 0.05) is 44.2 Å². The summed E-state index contributed by atoms with van der Waals surface area (Å²) in [7, 11) is 4.14. The Morgan fingerprint density at radius 1 is 1.06 bits per heavy atom. The summed E-state index contributed by atoms with van der Waals surface area (Å²) in [4.78, 5) is 22.5. The molecule has 0 radical (unpaired) electrons. The Hall–Kier alpha value is -1.50. The van der Waals surface area contributed by atoms with E-state index in [1.807, 2.05) is 12.1 Å². The van der Waals surface area contributed by atoms with E-state index in [4.69, 9.17) is 0 Å². The van der Waals surface area contributed by atoms with Crippen molar-refractivity contribution in [2.24, 2.45) is 11.8 Å². The minimum atomic E-state index is -0.120. The molecular formula is C25H41FN4O. The minimum Gasteiger partial charge on any atom is -0.341 e. The summed E-state index contributed by atoms with van der Waals surface area (Å²) in [6, 6.07) is 7.08. The topological polar surface area (TPSA) is 30.0 Å². The smallest absolute Gasteiger partial charge is 0.225 e. The van der Waals surface area contributed by atoms with E-state index in [9.17, 15) is 9.18 Å². The molecule has 0 aliphatic carbocycles. The number of carbonyl (C=O) groups excluding carboxylic acids is 1. The van der Waals surface area contributed by atoms with Gasteiger partial charge in [0.15, 0.2) is 0 Å². The lowest BCUT2D eigenvalue weighted by Gasteiger charge is -2.38. The average Bonchev–Trinajstić information content (AvgIpc) is 2.78. The van der Waals surface area contributed by atoms with E-state index in [2.05, 4.69) is 40.6 Å². The molecule has 1 atom stereocenters. The average molecular weight is 433 g/mol. The lowest BCUT2D eigenvalue weighted by atomic mass is 9.93. The molecule has 31 heavy (non-hydrogen) atoms. The standard InChI is InChI=1S/C25H41FN4O/c1-4-28-14-11-22(12-15-28)25(31)30(17-16-27(2)3)19-21-8-7-13-29(18-21)20-23-9-5-6-10-24(23)26/h5-6,9-10,21-22H,4,7-8,11-20H2,1-3H3. The molecule has 0 spiro atoms. The fraction of sp³-hybridized carbons (Fsp3) is 0.720. The van der Waals surface area contributed by atoms with Gasteiger partial charge in [0.25, 0.3) is 0 Å². The van der Waals surface area contributed by atoms with Crippen LogP contribution in [0.1, 0.15) is 38.2 Å². The zero-order chi connectivity index (χ0) is 22.2. The Bertz CT molecular complexity index is 690. The van der Waals surface area contributed by atoms with Crippen LogP contribution in [0.15, 0.2) is 24.3 Å². The molecule has 0 aromatic heterocycles. The maximum Gasteiger partial charge on any atom is 0.225 e. The van der Waals surface area contributed by atoms with Crippen molar-refractivity contribution in [1.82, 2.24) is 19.6 Å². The van der Waals surface area contributed by atoms with Crippen LogP contribution in [-0.2, 0) is 11.3 Å². The summed E-state index contributed by atoms with van der Waals surface area (Å²) < 4.78 is 14.1. The highest BCUT2D eigenvalue weighted by Gasteiger charge is 2.30. The van der Waals surface area contributed by atoms with E-state index in [-0.39, 0.29) is 11.7 Å². The monoisotopic (exact) mass is 432 g/mol. The van der Waals surface area contributed by atoms with E-state index < -0.39 is 0 Å². The number of hydrogen-bond donors (Lipinski definition) is 0. The second kappa shape index (κ2) is 11.9. The summed E-state index contributed by atoms with van der Waals surface area (Å²) in [5, 5.41) is 0. The maximum absolute atomic E-state index is 14.1. The number of benzene rings is 1. The molecule has 0 saturated carbocycles. The van der Waals surface area contributed by atoms with Crippen molar-refractivity contribution in [3.05, 3.63) is 35.6 Å². The van der Waals surface area contributed by atoms with Crippen LogP contribution < -0.4 is 0 Å². The number of likely N-dealkylation sites (tertiary alicyclic amines) is 2. The molecule has 1 unspecified atom stereocenters. The normalized spacial score (nSPS) is 21.5. The number of amides is 1. The minimum absolute atomic E-state index is 0.120. The van der Waals surface area contributed by atoms with Crippen LogP contribution in [0.5, 0.6) is 0 Å². The number of likely N-dealkylation sites (N-methyl/N-ethyl adjacent to an activating group) is 1. The first-order chi connectivity index (χ1) is 15.0. The van der Waals surface area contributed by atoms with Gasteiger partial charge in [-0.3, -0.25) is 9.69 Å². The Morgan fingerprint density at radius 3 is 2.48 bits per heavy atom. The summed E-state index contributed by atoms with van der Waals surface area (Å²) in [5.74, 6) is 0.861. The highest BCUT2D eigenvalue weighted by Crippen LogP contribution is 2.24. The van der Waals surface area contributed by atoms with Crippen molar-refractivity contribution in [2.75, 3.05) is 66.5 Å². The third-order valence-electron chi connectivity index (χ3n) is 6.95. The van der Waals surface area contributed by atoms with Gasteiger partial charge in [0.05, 0.1) is 0 Å². The van der Waals surface area contributed by atoms with Gasteiger partial charge in [-0.05, 0) is 77.9 Å². The highest BCUT2D eigenvalue weighted by molar-refractivity contribution is 5.79. The van der Waals surface area contributed by atoms with Crippen molar-refractivity contribution in [2.45, 2.75) is 39.2 Å². The highest BCUT2D eigenvalue weighted by atomic mass is 19.1. The first-order valence-corrected chi connectivity index (χ1v) is 12.1. The summed E-state index contributed by atoms with van der Waals surface area (Å²) in [5.41, 5.74) is 0.770. The van der Waals surface area contributed by atoms with Crippen molar-refractivity contribution >= 4 is 5.91 Å². The molecule has 1 amide bonds. The van der Waals surface area contributed by atoms with Crippen molar-refractivity contribution in [1.29, 1.82) is 0 Å². The van der Waals surface area contributed by atoms with Gasteiger partial charge < -0.3 is 14.7 Å². The van der Waals surface area contributed by atoms with Gasteiger partial charge >= 0.3 is 0 Å². The van der Waals surface area contributed by atoms with Crippen LogP contribution >= 0.6 is 0 Å². The predicted molar refractivity (Wildman–Crippen MR) is 124 cm³/mol. The quantitative estimate of drug-likeness (QED) is 0.600. The molecule has 2 aliphatic heterocycles. The van der Waals surface area contributed by atoms with Crippen LogP contribution in [0.3, 0.4) is 0 Å². The number of piperidine rings is 2. The molecular weight excluding hydrogens is 391 g/mol. The Kier molecular flexibility index (Phi) is 9.30. The van der Waals surface area contributed by atoms with Crippen LogP contribution in [0, 0.1) is 17.7 Å². The molecule has 2 saturated heterocycles. The van der Waals surface area contributed by atoms with E-state index >= 15 is 0 Å². The molecule has 3 rings (SSSR count). The molecule has 174 valence electrons. The number of rotatable bonds is 9. The SMILES string of the molecule is CCN1CCC(C(=O)N(CCN(C)C)CC2CCCN(Cc3ccccc3F)C2)CC1. The summed E-state index contributed by atoms with van der Waals surface area (Å²) in [6.07, 6.45) is 4.22. The first-order valence-electron chi connectivity index (χ1n) is 12.1. The van der Waals surface area contributed by atoms with E-state index in [1.54, 1.807) is 12.1 Å². The first kappa shape index (κ1) is 24.1. The Labute approximate surface area is 188 Å². The molecule has 0 bridgehead atoms. The van der Waals surface area contributed by atoms with Gasteiger partial charge in [0.1, 0.15) is 5.82 Å². The van der Waals surface area contributed by atoms with Gasteiger partial charge in [-0.15, -0.1) is 0 Å². The number of carbonyl (C=O) groups is 1. The molecule has 2 aliphatic rings. The van der Waals surface area contributed by atoms with Crippen molar-refractivity contribution in [3.8, 4) is 0 Å². The van der Waals surface area contributed by atoms with Crippen LogP contribution in [-0.4, -0.2) is 92.0 Å². The maximum atomic E-state index is 14.1. The largest absolute Gasteiger partial charge is 0.341 e. The van der Waals surface area contributed by atoms with Gasteiger partial charge in [0.2, 0.25) is 5.91 Å². The summed E-state index contributed by atoms with van der Waals surface area (Å²) in [6.45, 7) is 10.5. The molecule has 5 nitrogen and oxygen atoms in total. The fourth-order valence-corrected chi connectivity index (χ4v) is 4.99. The number of hydrogen-bond acceptors (Lipinski definition) is 4. The number of halogens is 1. The molecule has 1 aromatic rings. The van der Waals surface area contributed by atoms with Crippen LogP contribution in [0.4, 0.5) is 4.39 Å². The van der Waals surface area contributed by atoms with Crippen molar-refractivity contribution < 1.29 is 9.18 Å². The van der Waals surface area contributed by atoms with E-state index in [1.165, 1.54) is 0 Å². The van der Waals surface area contributed by atoms with Crippen LogP contribution in [0.2, 0.25) is 0 Å². The zero-order valence-electron chi connectivity index (χ0n) is 19.7. The predicted octanol–water partition coefficient (Wildman–Crippen LogP) is 3.16. The Balaban J connectivity index is 1.59. The van der Waals surface area contributed by atoms with E-state index in [0.717, 1.165) is 83.6 Å². The van der Waals surface area contributed by atoms with Crippen molar-refractivity contribution in [3.63, 3.8) is 0 Å². The number of nitrogens with zero attached hydrogens (tertiary/aromatic N) is 4. The third kappa shape index (κ3) is 7.26. The van der Waals surface area contributed by atoms with E-state index in [0.29, 0.717) is 18.4 Å². The lowest BCUT2D eigenvalue weighted by Crippen LogP contribution is -2.48. The fourth-order valence-electron chi connectivity index (χ4n) is 4.99. The zero-order valence-corrected chi connectivity index (χ0v) is 19.7. The summed E-state index contributed by atoms with van der Waals surface area (Å²) >= 11 is 0. The Morgan fingerprint density at radius 2 is 1.81 bits per heavy atom. The second-order valence-corrected chi connectivity index (χ2v) is 9.63. The molecule has 6 heteroatoms. The van der Waals surface area contributed by atoms with Gasteiger partial charge in [-0.2, -0.15) is 0 Å².